The van der Waals surface area contributed by atoms with Crippen LogP contribution in [0.15, 0.2) is 12.3 Å². The fraction of sp³-hybridized carbons (Fsp3) is 0.786. The van der Waals surface area contributed by atoms with Crippen LogP contribution >= 0.6 is 0 Å². The Bertz CT molecular complexity index is 389. The summed E-state index contributed by atoms with van der Waals surface area (Å²) in [4.78, 5) is 2.52. The molecule has 0 radical (unpaired) electrons. The van der Waals surface area contributed by atoms with Gasteiger partial charge < -0.3 is 10.1 Å². The monoisotopic (exact) mass is 266 g/mol. The second kappa shape index (κ2) is 6.50. The number of nitrogens with one attached hydrogen (secondary N) is 1. The molecule has 108 valence electrons. The quantitative estimate of drug-likeness (QED) is 0.871. The Labute approximate surface area is 115 Å². The Morgan fingerprint density at radius 1 is 1.53 bits per heavy atom. The second-order valence-corrected chi connectivity index (χ2v) is 5.32. The van der Waals surface area contributed by atoms with Crippen molar-refractivity contribution in [2.45, 2.75) is 45.5 Å². The smallest absolute Gasteiger partial charge is 0.0911 e. The van der Waals surface area contributed by atoms with Crippen LogP contribution in [0.2, 0.25) is 0 Å². The zero-order valence-electron chi connectivity index (χ0n) is 12.5. The number of likely N-dealkylation sites (N-methyl/N-ethyl adjacent to an activating group) is 1. The predicted molar refractivity (Wildman–Crippen MR) is 76.2 cm³/mol. The van der Waals surface area contributed by atoms with Crippen LogP contribution in [-0.4, -0.2) is 53.6 Å². The molecule has 1 aliphatic heterocycles. The molecular formula is C14H26N4O. The highest BCUT2D eigenvalue weighted by Gasteiger charge is 2.36. The minimum atomic E-state index is 0.183. The maximum absolute atomic E-state index is 5.99. The van der Waals surface area contributed by atoms with Gasteiger partial charge in [-0.3, -0.25) is 9.58 Å². The molecule has 1 aromatic rings. The van der Waals surface area contributed by atoms with Gasteiger partial charge in [-0.1, -0.05) is 0 Å². The molecule has 1 saturated heterocycles. The molecule has 1 N–H and O–H groups in total. The van der Waals surface area contributed by atoms with Gasteiger partial charge in [-0.25, -0.2) is 0 Å². The third-order valence-corrected chi connectivity index (χ3v) is 3.81. The molecule has 1 aliphatic rings. The SMILES string of the molecule is CCn1nccc1C1C(CNC)OCCN1C(C)C. The zero-order valence-corrected chi connectivity index (χ0v) is 12.5. The lowest BCUT2D eigenvalue weighted by atomic mass is 10.0. The van der Waals surface area contributed by atoms with E-state index in [-0.39, 0.29) is 12.1 Å². The molecule has 5 heteroatoms. The lowest BCUT2D eigenvalue weighted by Gasteiger charge is -2.43. The molecular weight excluding hydrogens is 240 g/mol. The van der Waals surface area contributed by atoms with Gasteiger partial charge in [0.15, 0.2) is 0 Å². The van der Waals surface area contributed by atoms with E-state index in [4.69, 9.17) is 4.74 Å². The summed E-state index contributed by atoms with van der Waals surface area (Å²) in [7, 11) is 1.98. The number of morpholine rings is 1. The van der Waals surface area contributed by atoms with Gasteiger partial charge in [0.05, 0.1) is 24.4 Å². The maximum Gasteiger partial charge on any atom is 0.0911 e. The van der Waals surface area contributed by atoms with Gasteiger partial charge >= 0.3 is 0 Å². The van der Waals surface area contributed by atoms with Crippen molar-refractivity contribution in [3.05, 3.63) is 18.0 Å². The lowest BCUT2D eigenvalue weighted by molar-refractivity contribution is -0.0840. The highest BCUT2D eigenvalue weighted by atomic mass is 16.5. The van der Waals surface area contributed by atoms with E-state index >= 15 is 0 Å². The van der Waals surface area contributed by atoms with Gasteiger partial charge in [0.2, 0.25) is 0 Å². The van der Waals surface area contributed by atoms with Crippen LogP contribution in [0.3, 0.4) is 0 Å². The molecule has 2 rings (SSSR count). The summed E-state index contributed by atoms with van der Waals surface area (Å²) >= 11 is 0. The molecule has 1 fully saturated rings. The highest BCUT2D eigenvalue weighted by molar-refractivity contribution is 5.11. The Kier molecular flexibility index (Phi) is 4.96. The molecule has 0 aliphatic carbocycles. The second-order valence-electron chi connectivity index (χ2n) is 5.32. The number of aromatic nitrogens is 2. The van der Waals surface area contributed by atoms with Gasteiger partial charge in [-0.05, 0) is 33.9 Å². The summed E-state index contributed by atoms with van der Waals surface area (Å²) in [5, 5.41) is 7.66. The van der Waals surface area contributed by atoms with Crippen LogP contribution in [0.25, 0.3) is 0 Å². The first-order chi connectivity index (χ1) is 9.19. The van der Waals surface area contributed by atoms with Crippen molar-refractivity contribution in [1.29, 1.82) is 0 Å². The van der Waals surface area contributed by atoms with Crippen molar-refractivity contribution in [2.24, 2.45) is 0 Å². The Hall–Kier alpha value is -0.910. The Balaban J connectivity index is 2.31. The minimum Gasteiger partial charge on any atom is -0.374 e. The summed E-state index contributed by atoms with van der Waals surface area (Å²) in [6.45, 7) is 10.2. The van der Waals surface area contributed by atoms with Gasteiger partial charge in [0.25, 0.3) is 0 Å². The van der Waals surface area contributed by atoms with Crippen molar-refractivity contribution in [1.82, 2.24) is 20.0 Å². The van der Waals surface area contributed by atoms with Crippen LogP contribution in [0.5, 0.6) is 0 Å². The lowest BCUT2D eigenvalue weighted by Crippen LogP contribution is -2.51. The van der Waals surface area contributed by atoms with Gasteiger partial charge in [0, 0.05) is 31.9 Å². The number of ether oxygens (including phenoxy) is 1. The maximum atomic E-state index is 5.99. The van der Waals surface area contributed by atoms with E-state index < -0.39 is 0 Å². The Morgan fingerprint density at radius 2 is 2.32 bits per heavy atom. The molecule has 0 spiro atoms. The summed E-state index contributed by atoms with van der Waals surface area (Å²) in [6.07, 6.45) is 2.07. The first-order valence-corrected chi connectivity index (χ1v) is 7.22. The summed E-state index contributed by atoms with van der Waals surface area (Å²) in [6, 6.07) is 2.91. The van der Waals surface area contributed by atoms with Crippen molar-refractivity contribution >= 4 is 0 Å². The van der Waals surface area contributed by atoms with Crippen molar-refractivity contribution in [3.8, 4) is 0 Å². The number of rotatable bonds is 5. The van der Waals surface area contributed by atoms with Gasteiger partial charge in [-0.15, -0.1) is 0 Å². The topological polar surface area (TPSA) is 42.3 Å². The van der Waals surface area contributed by atoms with Crippen LogP contribution in [-0.2, 0) is 11.3 Å². The third kappa shape index (κ3) is 2.99. The van der Waals surface area contributed by atoms with Gasteiger partial charge in [0.1, 0.15) is 0 Å². The van der Waals surface area contributed by atoms with Gasteiger partial charge in [-0.2, -0.15) is 5.10 Å². The van der Waals surface area contributed by atoms with E-state index in [1.807, 2.05) is 13.2 Å². The molecule has 2 atom stereocenters. The summed E-state index contributed by atoms with van der Waals surface area (Å²) < 4.78 is 8.07. The summed E-state index contributed by atoms with van der Waals surface area (Å²) in [5.41, 5.74) is 1.26. The predicted octanol–water partition coefficient (Wildman–Crippen LogP) is 1.27. The molecule has 5 nitrogen and oxygen atoms in total. The van der Waals surface area contributed by atoms with E-state index in [1.165, 1.54) is 5.69 Å². The largest absolute Gasteiger partial charge is 0.374 e. The van der Waals surface area contributed by atoms with E-state index in [9.17, 15) is 0 Å². The molecule has 0 bridgehead atoms. The first kappa shape index (κ1) is 14.5. The number of aryl methyl sites for hydroxylation is 1. The van der Waals surface area contributed by atoms with E-state index in [2.05, 4.69) is 46.8 Å². The van der Waals surface area contributed by atoms with Crippen LogP contribution in [0.1, 0.15) is 32.5 Å². The standard InChI is InChI=1S/C14H26N4O/c1-5-18-12(6-7-16-18)14-13(10-15-4)19-9-8-17(14)11(2)3/h6-7,11,13-15H,5,8-10H2,1-4H3. The van der Waals surface area contributed by atoms with Crippen molar-refractivity contribution < 1.29 is 4.74 Å². The molecule has 1 aromatic heterocycles. The molecule has 2 unspecified atom stereocenters. The average Bonchev–Trinajstić information content (AvgIpc) is 2.86. The van der Waals surface area contributed by atoms with Crippen molar-refractivity contribution in [3.63, 3.8) is 0 Å². The van der Waals surface area contributed by atoms with E-state index in [0.29, 0.717) is 6.04 Å². The van der Waals surface area contributed by atoms with E-state index in [1.54, 1.807) is 0 Å². The Morgan fingerprint density at radius 3 is 2.95 bits per heavy atom. The van der Waals surface area contributed by atoms with Crippen molar-refractivity contribution in [2.75, 3.05) is 26.7 Å². The number of nitrogens with zero attached hydrogens (tertiary/aromatic N) is 3. The minimum absolute atomic E-state index is 0.183. The molecule has 0 amide bonds. The van der Waals surface area contributed by atoms with Crippen LogP contribution in [0, 0.1) is 0 Å². The van der Waals surface area contributed by atoms with Crippen LogP contribution in [0.4, 0.5) is 0 Å². The molecule has 0 saturated carbocycles. The van der Waals surface area contributed by atoms with E-state index in [0.717, 1.165) is 26.2 Å². The highest BCUT2D eigenvalue weighted by Crippen LogP contribution is 2.30. The fourth-order valence-electron chi connectivity index (χ4n) is 2.92. The normalized spacial score (nSPS) is 25.1. The zero-order chi connectivity index (χ0) is 13.8. The van der Waals surface area contributed by atoms with Crippen LogP contribution < -0.4 is 5.32 Å². The summed E-state index contributed by atoms with van der Waals surface area (Å²) in [5.74, 6) is 0. The fourth-order valence-corrected chi connectivity index (χ4v) is 2.92. The third-order valence-electron chi connectivity index (χ3n) is 3.81. The molecule has 2 heterocycles. The first-order valence-electron chi connectivity index (χ1n) is 7.22. The number of hydrogen-bond acceptors (Lipinski definition) is 4. The average molecular weight is 266 g/mol. The molecule has 19 heavy (non-hydrogen) atoms. The number of hydrogen-bond donors (Lipinski definition) is 1. The molecule has 0 aromatic carbocycles.